The van der Waals surface area contributed by atoms with Gasteiger partial charge in [-0.15, -0.1) is 0 Å². The smallest absolute Gasteiger partial charge is 0.0570 e. The van der Waals surface area contributed by atoms with Crippen LogP contribution in [0.25, 0.3) is 0 Å². The van der Waals surface area contributed by atoms with Crippen molar-refractivity contribution in [2.24, 2.45) is 5.73 Å². The number of nitrogens with zero attached hydrogens (tertiary/aromatic N) is 1. The van der Waals surface area contributed by atoms with E-state index in [9.17, 15) is 0 Å². The molecule has 0 saturated heterocycles. The van der Waals surface area contributed by atoms with Crippen LogP contribution in [0.2, 0.25) is 0 Å². The van der Waals surface area contributed by atoms with Crippen LogP contribution in [0.1, 0.15) is 31.5 Å². The van der Waals surface area contributed by atoms with Crippen molar-refractivity contribution in [1.29, 1.82) is 0 Å². The number of rotatable bonds is 3. The molecule has 1 aromatic heterocycles. The Morgan fingerprint density at radius 3 is 2.86 bits per heavy atom. The maximum Gasteiger partial charge on any atom is 0.0570 e. The van der Waals surface area contributed by atoms with Crippen molar-refractivity contribution in [1.82, 2.24) is 10.3 Å². The molecule has 0 spiro atoms. The summed E-state index contributed by atoms with van der Waals surface area (Å²) in [6.45, 7) is 2.15. The Hall–Kier alpha value is -0.930. The van der Waals surface area contributed by atoms with Crippen molar-refractivity contribution in [3.8, 4) is 0 Å². The molecule has 1 aliphatic carbocycles. The predicted molar refractivity (Wildman–Crippen MR) is 56.8 cm³/mol. The fourth-order valence-electron chi connectivity index (χ4n) is 1.87. The summed E-state index contributed by atoms with van der Waals surface area (Å²) in [5.41, 5.74) is 6.83. The van der Waals surface area contributed by atoms with Crippen molar-refractivity contribution < 1.29 is 0 Å². The summed E-state index contributed by atoms with van der Waals surface area (Å²) in [5.74, 6) is 0. The Morgan fingerprint density at radius 1 is 1.50 bits per heavy atom. The molecule has 0 radical (unpaired) electrons. The average Bonchev–Trinajstić information content (AvgIpc) is 2.17. The fourth-order valence-corrected chi connectivity index (χ4v) is 1.87. The third kappa shape index (κ3) is 2.11. The van der Waals surface area contributed by atoms with E-state index in [1.807, 2.05) is 18.3 Å². The van der Waals surface area contributed by atoms with Crippen LogP contribution in [-0.4, -0.2) is 17.1 Å². The van der Waals surface area contributed by atoms with Crippen LogP contribution < -0.4 is 11.1 Å². The van der Waals surface area contributed by atoms with Crippen LogP contribution in [-0.2, 0) is 0 Å². The quantitative estimate of drug-likeness (QED) is 0.755. The Morgan fingerprint density at radius 2 is 2.29 bits per heavy atom. The molecule has 1 aromatic rings. The molecule has 0 aromatic carbocycles. The molecule has 1 saturated carbocycles. The predicted octanol–water partition coefficient (Wildman–Crippen LogP) is 1.22. The first-order valence-electron chi connectivity index (χ1n) is 5.18. The van der Waals surface area contributed by atoms with Gasteiger partial charge in [0.25, 0.3) is 0 Å². The molecular formula is C11H17N3. The van der Waals surface area contributed by atoms with E-state index >= 15 is 0 Å². The lowest BCUT2D eigenvalue weighted by Crippen LogP contribution is -2.49. The van der Waals surface area contributed by atoms with Crippen molar-refractivity contribution >= 4 is 0 Å². The minimum absolute atomic E-state index is 0.327. The van der Waals surface area contributed by atoms with Gasteiger partial charge in [0.2, 0.25) is 0 Å². The minimum atomic E-state index is 0.327. The summed E-state index contributed by atoms with van der Waals surface area (Å²) in [6.07, 6.45) is 4.02. The van der Waals surface area contributed by atoms with Gasteiger partial charge in [0, 0.05) is 24.3 Å². The SMILES string of the molecule is C[C@H](NC1CC(N)C1)c1ccccn1. The van der Waals surface area contributed by atoms with Crippen LogP contribution in [0.3, 0.4) is 0 Å². The third-order valence-corrected chi connectivity index (χ3v) is 2.79. The second kappa shape index (κ2) is 4.07. The lowest BCUT2D eigenvalue weighted by Gasteiger charge is -2.35. The van der Waals surface area contributed by atoms with Crippen molar-refractivity contribution in [3.05, 3.63) is 30.1 Å². The maximum atomic E-state index is 5.73. The first kappa shape index (κ1) is 9.62. The van der Waals surface area contributed by atoms with Crippen LogP contribution in [0.5, 0.6) is 0 Å². The van der Waals surface area contributed by atoms with Gasteiger partial charge in [-0.3, -0.25) is 4.98 Å². The van der Waals surface area contributed by atoms with E-state index < -0.39 is 0 Å². The molecule has 1 heterocycles. The van der Waals surface area contributed by atoms with Crippen LogP contribution in [0.15, 0.2) is 24.4 Å². The van der Waals surface area contributed by atoms with Gasteiger partial charge in [-0.25, -0.2) is 0 Å². The first-order chi connectivity index (χ1) is 6.75. The van der Waals surface area contributed by atoms with E-state index in [1.54, 1.807) is 0 Å². The number of nitrogens with one attached hydrogen (secondary N) is 1. The molecule has 3 nitrogen and oxygen atoms in total. The number of pyridine rings is 1. The van der Waals surface area contributed by atoms with E-state index in [1.165, 1.54) is 0 Å². The van der Waals surface area contributed by atoms with Gasteiger partial charge in [0.1, 0.15) is 0 Å². The first-order valence-corrected chi connectivity index (χ1v) is 5.18. The van der Waals surface area contributed by atoms with Gasteiger partial charge < -0.3 is 11.1 Å². The molecule has 2 rings (SSSR count). The van der Waals surface area contributed by atoms with Crippen molar-refractivity contribution in [2.45, 2.75) is 37.9 Å². The van der Waals surface area contributed by atoms with E-state index in [-0.39, 0.29) is 0 Å². The highest BCUT2D eigenvalue weighted by molar-refractivity contribution is 5.08. The molecule has 0 unspecified atom stereocenters. The minimum Gasteiger partial charge on any atom is -0.328 e. The topological polar surface area (TPSA) is 50.9 Å². The van der Waals surface area contributed by atoms with Gasteiger partial charge in [-0.2, -0.15) is 0 Å². The summed E-state index contributed by atoms with van der Waals surface area (Å²) in [6, 6.07) is 7.33. The van der Waals surface area contributed by atoms with E-state index in [0.717, 1.165) is 18.5 Å². The van der Waals surface area contributed by atoms with Gasteiger partial charge in [-0.1, -0.05) is 6.07 Å². The molecular weight excluding hydrogens is 174 g/mol. The largest absolute Gasteiger partial charge is 0.328 e. The zero-order chi connectivity index (χ0) is 9.97. The lowest BCUT2D eigenvalue weighted by molar-refractivity contribution is 0.271. The molecule has 0 aliphatic heterocycles. The molecule has 1 fully saturated rings. The standard InChI is InChI=1S/C11H17N3/c1-8(11-4-2-3-5-13-11)14-10-6-9(12)7-10/h2-5,8-10,14H,6-7,12H2,1H3/t8-,9?,10?/m0/s1. The van der Waals surface area contributed by atoms with Gasteiger partial charge in [-0.05, 0) is 31.9 Å². The van der Waals surface area contributed by atoms with Gasteiger partial charge in [0.15, 0.2) is 0 Å². The Bertz CT molecular complexity index is 280. The van der Waals surface area contributed by atoms with E-state index in [2.05, 4.69) is 23.3 Å². The summed E-state index contributed by atoms with van der Waals surface area (Å²) in [4.78, 5) is 4.32. The molecule has 1 aliphatic rings. The molecule has 76 valence electrons. The highest BCUT2D eigenvalue weighted by atomic mass is 15.0. The van der Waals surface area contributed by atoms with Gasteiger partial charge in [0.05, 0.1) is 5.69 Å². The Balaban J connectivity index is 1.87. The average molecular weight is 191 g/mol. The van der Waals surface area contributed by atoms with E-state index in [4.69, 9.17) is 5.73 Å². The van der Waals surface area contributed by atoms with E-state index in [0.29, 0.717) is 18.1 Å². The number of aromatic nitrogens is 1. The number of hydrogen-bond acceptors (Lipinski definition) is 3. The molecule has 3 heteroatoms. The third-order valence-electron chi connectivity index (χ3n) is 2.79. The molecule has 14 heavy (non-hydrogen) atoms. The highest BCUT2D eigenvalue weighted by Gasteiger charge is 2.26. The maximum absolute atomic E-state index is 5.73. The van der Waals surface area contributed by atoms with Crippen LogP contribution in [0.4, 0.5) is 0 Å². The van der Waals surface area contributed by atoms with Gasteiger partial charge >= 0.3 is 0 Å². The van der Waals surface area contributed by atoms with Crippen LogP contribution in [0, 0.1) is 0 Å². The second-order valence-electron chi connectivity index (χ2n) is 4.07. The zero-order valence-electron chi connectivity index (χ0n) is 8.48. The number of hydrogen-bond donors (Lipinski definition) is 2. The fraction of sp³-hybridized carbons (Fsp3) is 0.545. The summed E-state index contributed by atoms with van der Waals surface area (Å²) >= 11 is 0. The summed E-state index contributed by atoms with van der Waals surface area (Å²) in [7, 11) is 0. The second-order valence-corrected chi connectivity index (χ2v) is 4.07. The monoisotopic (exact) mass is 191 g/mol. The van der Waals surface area contributed by atoms with Crippen molar-refractivity contribution in [3.63, 3.8) is 0 Å². The molecule has 0 amide bonds. The number of nitrogens with two attached hydrogens (primary N) is 1. The molecule has 3 N–H and O–H groups in total. The highest BCUT2D eigenvalue weighted by Crippen LogP contribution is 2.21. The summed E-state index contributed by atoms with van der Waals surface area (Å²) < 4.78 is 0. The zero-order valence-corrected chi connectivity index (χ0v) is 8.48. The lowest BCUT2D eigenvalue weighted by atomic mass is 9.87. The van der Waals surface area contributed by atoms with Crippen molar-refractivity contribution in [2.75, 3.05) is 0 Å². The Labute approximate surface area is 84.7 Å². The Kier molecular flexibility index (Phi) is 2.79. The normalized spacial score (nSPS) is 28.1. The van der Waals surface area contributed by atoms with Crippen LogP contribution >= 0.6 is 0 Å². The molecule has 0 bridgehead atoms. The molecule has 1 atom stereocenters. The summed E-state index contributed by atoms with van der Waals surface area (Å²) in [5, 5.41) is 3.52.